The number of rotatable bonds is 5. The van der Waals surface area contributed by atoms with Crippen molar-refractivity contribution < 1.29 is 9.90 Å². The SMILES string of the molecule is Cc1cc(NC(=O)NCC2(O)CCC2)n(Cc2ccccn2)n1. The molecule has 1 aliphatic carbocycles. The lowest BCUT2D eigenvalue weighted by Crippen LogP contribution is -2.48. The molecule has 0 bridgehead atoms. The third-order valence-electron chi connectivity index (χ3n) is 4.04. The lowest BCUT2D eigenvalue weighted by atomic mass is 9.80. The Morgan fingerprint density at radius 1 is 1.43 bits per heavy atom. The first-order valence-electron chi connectivity index (χ1n) is 7.76. The molecule has 2 amide bonds. The van der Waals surface area contributed by atoms with Crippen LogP contribution in [-0.2, 0) is 6.54 Å². The van der Waals surface area contributed by atoms with Crippen molar-refractivity contribution in [1.82, 2.24) is 20.1 Å². The van der Waals surface area contributed by atoms with E-state index in [0.717, 1.165) is 30.7 Å². The summed E-state index contributed by atoms with van der Waals surface area (Å²) < 4.78 is 1.70. The molecule has 2 aromatic heterocycles. The maximum atomic E-state index is 12.0. The van der Waals surface area contributed by atoms with Crippen LogP contribution in [0.2, 0.25) is 0 Å². The first-order chi connectivity index (χ1) is 11.0. The summed E-state index contributed by atoms with van der Waals surface area (Å²) in [6, 6.07) is 7.15. The molecule has 1 saturated carbocycles. The van der Waals surface area contributed by atoms with Crippen LogP contribution in [0, 0.1) is 6.92 Å². The van der Waals surface area contributed by atoms with Gasteiger partial charge in [0.2, 0.25) is 0 Å². The summed E-state index contributed by atoms with van der Waals surface area (Å²) in [7, 11) is 0. The molecule has 2 aromatic rings. The van der Waals surface area contributed by atoms with Crippen LogP contribution >= 0.6 is 0 Å². The molecule has 0 unspecified atom stereocenters. The maximum absolute atomic E-state index is 12.0. The van der Waals surface area contributed by atoms with E-state index in [-0.39, 0.29) is 12.6 Å². The molecular formula is C16H21N5O2. The lowest BCUT2D eigenvalue weighted by Gasteiger charge is -2.36. The Morgan fingerprint density at radius 3 is 2.91 bits per heavy atom. The van der Waals surface area contributed by atoms with E-state index in [1.54, 1.807) is 16.9 Å². The molecule has 122 valence electrons. The van der Waals surface area contributed by atoms with E-state index in [9.17, 15) is 9.90 Å². The molecule has 1 fully saturated rings. The molecule has 2 heterocycles. The molecule has 0 atom stereocenters. The van der Waals surface area contributed by atoms with Gasteiger partial charge < -0.3 is 10.4 Å². The van der Waals surface area contributed by atoms with Gasteiger partial charge in [0.05, 0.1) is 23.5 Å². The van der Waals surface area contributed by atoms with Crippen molar-refractivity contribution in [3.05, 3.63) is 41.9 Å². The molecule has 3 rings (SSSR count). The summed E-state index contributed by atoms with van der Waals surface area (Å²) in [5, 5.41) is 19.9. The van der Waals surface area contributed by atoms with Gasteiger partial charge in [0, 0.05) is 18.8 Å². The number of urea groups is 1. The topological polar surface area (TPSA) is 92.1 Å². The van der Waals surface area contributed by atoms with Crippen LogP contribution < -0.4 is 10.6 Å². The monoisotopic (exact) mass is 315 g/mol. The summed E-state index contributed by atoms with van der Waals surface area (Å²) in [5.74, 6) is 0.603. The lowest BCUT2D eigenvalue weighted by molar-refractivity contribution is -0.0287. The van der Waals surface area contributed by atoms with Crippen molar-refractivity contribution in [2.24, 2.45) is 0 Å². The summed E-state index contributed by atoms with van der Waals surface area (Å²) in [6.45, 7) is 2.62. The van der Waals surface area contributed by atoms with E-state index in [4.69, 9.17) is 0 Å². The number of anilines is 1. The molecule has 1 aliphatic rings. The second-order valence-electron chi connectivity index (χ2n) is 6.04. The van der Waals surface area contributed by atoms with Gasteiger partial charge in [0.15, 0.2) is 0 Å². The van der Waals surface area contributed by atoms with Crippen molar-refractivity contribution in [2.45, 2.75) is 38.3 Å². The molecular weight excluding hydrogens is 294 g/mol. The Labute approximate surface area is 134 Å². The average molecular weight is 315 g/mol. The first-order valence-corrected chi connectivity index (χ1v) is 7.76. The van der Waals surface area contributed by atoms with Gasteiger partial charge in [-0.25, -0.2) is 9.48 Å². The zero-order valence-electron chi connectivity index (χ0n) is 13.1. The number of aliphatic hydroxyl groups is 1. The van der Waals surface area contributed by atoms with Gasteiger partial charge >= 0.3 is 6.03 Å². The van der Waals surface area contributed by atoms with Gasteiger partial charge in [0.25, 0.3) is 0 Å². The highest BCUT2D eigenvalue weighted by Crippen LogP contribution is 2.30. The van der Waals surface area contributed by atoms with E-state index in [2.05, 4.69) is 20.7 Å². The molecule has 0 radical (unpaired) electrons. The standard InChI is InChI=1S/C16H21N5O2/c1-12-9-14(19-15(22)18-11-16(23)6-4-7-16)21(20-12)10-13-5-2-3-8-17-13/h2-3,5,8-9,23H,4,6-7,10-11H2,1H3,(H2,18,19,22). The number of carbonyl (C=O) groups is 1. The Morgan fingerprint density at radius 2 is 2.26 bits per heavy atom. The van der Waals surface area contributed by atoms with E-state index >= 15 is 0 Å². The van der Waals surface area contributed by atoms with Gasteiger partial charge in [-0.3, -0.25) is 10.3 Å². The molecule has 3 N–H and O–H groups in total. The number of carbonyl (C=O) groups excluding carboxylic acids is 1. The van der Waals surface area contributed by atoms with Crippen LogP contribution in [0.3, 0.4) is 0 Å². The second-order valence-corrected chi connectivity index (χ2v) is 6.04. The number of nitrogens with one attached hydrogen (secondary N) is 2. The second kappa shape index (κ2) is 6.37. The predicted octanol–water partition coefficient (Wildman–Crippen LogP) is 1.67. The Bertz CT molecular complexity index is 679. The molecule has 0 aliphatic heterocycles. The zero-order chi connectivity index (χ0) is 16.3. The Balaban J connectivity index is 1.62. The molecule has 0 saturated heterocycles. The third-order valence-corrected chi connectivity index (χ3v) is 4.04. The fraction of sp³-hybridized carbons (Fsp3) is 0.438. The normalized spacial score (nSPS) is 15.7. The van der Waals surface area contributed by atoms with Crippen molar-refractivity contribution in [2.75, 3.05) is 11.9 Å². The number of amides is 2. The summed E-state index contributed by atoms with van der Waals surface area (Å²) in [6.07, 6.45) is 4.22. The summed E-state index contributed by atoms with van der Waals surface area (Å²) in [4.78, 5) is 16.3. The Hall–Kier alpha value is -2.41. The van der Waals surface area contributed by atoms with Gasteiger partial charge in [-0.15, -0.1) is 0 Å². The smallest absolute Gasteiger partial charge is 0.320 e. The van der Waals surface area contributed by atoms with Gasteiger partial charge in [-0.1, -0.05) is 6.07 Å². The molecule has 7 heteroatoms. The highest BCUT2D eigenvalue weighted by atomic mass is 16.3. The minimum absolute atomic E-state index is 0.270. The van der Waals surface area contributed by atoms with Crippen LogP contribution in [0.4, 0.5) is 10.6 Å². The van der Waals surface area contributed by atoms with Gasteiger partial charge in [0.1, 0.15) is 5.82 Å². The average Bonchev–Trinajstić information content (AvgIpc) is 2.83. The van der Waals surface area contributed by atoms with Crippen LogP contribution in [0.25, 0.3) is 0 Å². The highest BCUT2D eigenvalue weighted by molar-refractivity contribution is 5.88. The predicted molar refractivity (Wildman–Crippen MR) is 86.1 cm³/mol. The quantitative estimate of drug-likeness (QED) is 0.782. The fourth-order valence-corrected chi connectivity index (χ4v) is 2.58. The van der Waals surface area contributed by atoms with Crippen molar-refractivity contribution in [1.29, 1.82) is 0 Å². The van der Waals surface area contributed by atoms with Crippen LogP contribution in [-0.4, -0.2) is 38.0 Å². The maximum Gasteiger partial charge on any atom is 0.320 e. The number of pyridine rings is 1. The van der Waals surface area contributed by atoms with Crippen molar-refractivity contribution in [3.63, 3.8) is 0 Å². The molecule has 0 aromatic carbocycles. The molecule has 0 spiro atoms. The van der Waals surface area contributed by atoms with E-state index < -0.39 is 5.60 Å². The molecule has 7 nitrogen and oxygen atoms in total. The number of nitrogens with zero attached hydrogens (tertiary/aromatic N) is 3. The minimum atomic E-state index is -0.735. The van der Waals surface area contributed by atoms with Crippen LogP contribution in [0.1, 0.15) is 30.7 Å². The van der Waals surface area contributed by atoms with Crippen LogP contribution in [0.5, 0.6) is 0 Å². The number of hydrogen-bond donors (Lipinski definition) is 3. The fourth-order valence-electron chi connectivity index (χ4n) is 2.58. The van der Waals surface area contributed by atoms with E-state index in [0.29, 0.717) is 12.4 Å². The zero-order valence-corrected chi connectivity index (χ0v) is 13.1. The van der Waals surface area contributed by atoms with E-state index in [1.807, 2.05) is 25.1 Å². The minimum Gasteiger partial charge on any atom is -0.388 e. The number of hydrogen-bond acceptors (Lipinski definition) is 4. The van der Waals surface area contributed by atoms with E-state index in [1.165, 1.54) is 0 Å². The summed E-state index contributed by atoms with van der Waals surface area (Å²) in [5.41, 5.74) is 0.943. The third kappa shape index (κ3) is 3.87. The van der Waals surface area contributed by atoms with Gasteiger partial charge in [-0.2, -0.15) is 5.10 Å². The van der Waals surface area contributed by atoms with Crippen molar-refractivity contribution in [3.8, 4) is 0 Å². The summed E-state index contributed by atoms with van der Waals surface area (Å²) >= 11 is 0. The highest BCUT2D eigenvalue weighted by Gasteiger charge is 2.34. The largest absolute Gasteiger partial charge is 0.388 e. The van der Waals surface area contributed by atoms with Gasteiger partial charge in [-0.05, 0) is 38.3 Å². The number of aromatic nitrogens is 3. The van der Waals surface area contributed by atoms with Crippen LogP contribution in [0.15, 0.2) is 30.5 Å². The Kier molecular flexibility index (Phi) is 4.29. The van der Waals surface area contributed by atoms with Crippen molar-refractivity contribution >= 4 is 11.8 Å². The number of aryl methyl sites for hydroxylation is 1. The molecule has 23 heavy (non-hydrogen) atoms. The first kappa shape index (κ1) is 15.5.